The van der Waals surface area contributed by atoms with Crippen LogP contribution in [0.2, 0.25) is 0 Å². The molecule has 5 heteroatoms. The zero-order valence-corrected chi connectivity index (χ0v) is 8.34. The van der Waals surface area contributed by atoms with E-state index in [1.165, 1.54) is 11.3 Å². The number of hydrogen-bond acceptors (Lipinski definition) is 2. The molecule has 1 aromatic rings. The van der Waals surface area contributed by atoms with Gasteiger partial charge in [-0.05, 0) is 0 Å². The Morgan fingerprint density at radius 1 is 1.50 bits per heavy atom. The van der Waals surface area contributed by atoms with Crippen LogP contribution < -0.4 is 0 Å². The van der Waals surface area contributed by atoms with E-state index < -0.39 is 0 Å². The van der Waals surface area contributed by atoms with Gasteiger partial charge in [0.15, 0.2) is 0 Å². The number of hydrogen-bond donors (Lipinski definition) is 0. The Bertz CT molecular complexity index is 150. The molecule has 0 aromatic carbocycles. The van der Waals surface area contributed by atoms with Crippen molar-refractivity contribution in [1.82, 2.24) is 4.98 Å². The molecule has 0 fully saturated rings. The molecular formula is C3Br2CuNS. The molecule has 0 atom stereocenters. The van der Waals surface area contributed by atoms with E-state index in [0.717, 1.165) is 8.52 Å². The van der Waals surface area contributed by atoms with E-state index in [9.17, 15) is 0 Å². The predicted molar refractivity (Wildman–Crippen MR) is 36.3 cm³/mol. The van der Waals surface area contributed by atoms with Crippen molar-refractivity contribution in [1.29, 1.82) is 0 Å². The smallest absolute Gasteiger partial charge is 0.338 e. The molecule has 0 spiro atoms. The molecule has 0 N–H and O–H groups in total. The zero-order valence-electron chi connectivity index (χ0n) is 3.41. The monoisotopic (exact) mass is 303 g/mol. The fourth-order valence-electron chi connectivity index (χ4n) is 0.207. The SMILES string of the molecule is Brc1[c-]sc(Br)n1.[Cu+]. The van der Waals surface area contributed by atoms with E-state index in [1.807, 2.05) is 0 Å². The molecule has 0 amide bonds. The first-order valence-corrected chi connectivity index (χ1v) is 3.89. The Kier molecular flexibility index (Phi) is 4.57. The van der Waals surface area contributed by atoms with Crippen molar-refractivity contribution >= 4 is 43.2 Å². The van der Waals surface area contributed by atoms with Crippen LogP contribution in [0.25, 0.3) is 0 Å². The van der Waals surface area contributed by atoms with Gasteiger partial charge in [-0.15, -0.1) is 15.9 Å². The largest absolute Gasteiger partial charge is 1.00 e. The summed E-state index contributed by atoms with van der Waals surface area (Å²) in [6.07, 6.45) is 0. The normalized spacial score (nSPS) is 8.25. The summed E-state index contributed by atoms with van der Waals surface area (Å²) in [5, 5.41) is 2.87. The average molecular weight is 305 g/mol. The molecule has 0 bridgehead atoms. The molecule has 0 unspecified atom stereocenters. The summed E-state index contributed by atoms with van der Waals surface area (Å²) in [7, 11) is 0. The second-order valence-corrected chi connectivity index (χ2v) is 3.68. The molecule has 0 aliphatic rings. The fourth-order valence-corrected chi connectivity index (χ4v) is 1.75. The zero-order chi connectivity index (χ0) is 5.28. The summed E-state index contributed by atoms with van der Waals surface area (Å²) in [4.78, 5) is 3.91. The molecule has 48 valence electrons. The van der Waals surface area contributed by atoms with Crippen LogP contribution in [0.15, 0.2) is 8.52 Å². The van der Waals surface area contributed by atoms with Crippen LogP contribution >= 0.6 is 43.2 Å². The van der Waals surface area contributed by atoms with Gasteiger partial charge in [0, 0.05) is 8.52 Å². The van der Waals surface area contributed by atoms with Gasteiger partial charge in [0.1, 0.15) is 0 Å². The molecule has 0 aliphatic heterocycles. The van der Waals surface area contributed by atoms with Gasteiger partial charge in [0.05, 0.1) is 0 Å². The molecular weight excluding hydrogens is 305 g/mol. The van der Waals surface area contributed by atoms with Crippen LogP contribution in [0.5, 0.6) is 0 Å². The van der Waals surface area contributed by atoms with Crippen molar-refractivity contribution in [2.75, 3.05) is 0 Å². The summed E-state index contributed by atoms with van der Waals surface area (Å²) in [5.74, 6) is 0. The van der Waals surface area contributed by atoms with Crippen LogP contribution in [0, 0.1) is 5.38 Å². The van der Waals surface area contributed by atoms with Crippen LogP contribution in [0.3, 0.4) is 0 Å². The minimum atomic E-state index is 0. The van der Waals surface area contributed by atoms with Gasteiger partial charge in [0.25, 0.3) is 0 Å². The van der Waals surface area contributed by atoms with E-state index in [0.29, 0.717) is 0 Å². The van der Waals surface area contributed by atoms with Crippen molar-refractivity contribution < 1.29 is 17.1 Å². The maximum atomic E-state index is 3.91. The van der Waals surface area contributed by atoms with E-state index in [2.05, 4.69) is 42.2 Å². The van der Waals surface area contributed by atoms with E-state index in [-0.39, 0.29) is 17.1 Å². The Morgan fingerprint density at radius 2 is 2.12 bits per heavy atom. The first-order chi connectivity index (χ1) is 3.29. The maximum absolute atomic E-state index is 3.91. The number of aromatic nitrogens is 1. The standard InChI is InChI=1S/C3Br2NS.Cu/c4-2-1-7-3(5)6-2;/q-1;+1. The second kappa shape index (κ2) is 4.01. The summed E-state index contributed by atoms with van der Waals surface area (Å²) in [5.41, 5.74) is 0. The minimum absolute atomic E-state index is 0. The molecule has 1 rings (SSSR count). The summed E-state index contributed by atoms with van der Waals surface area (Å²) >= 11 is 7.76. The quantitative estimate of drug-likeness (QED) is 0.530. The van der Waals surface area contributed by atoms with E-state index in [4.69, 9.17) is 0 Å². The molecule has 0 aliphatic carbocycles. The molecule has 0 saturated heterocycles. The van der Waals surface area contributed by atoms with Crippen molar-refractivity contribution in [2.45, 2.75) is 0 Å². The van der Waals surface area contributed by atoms with Gasteiger partial charge in [-0.1, -0.05) is 15.9 Å². The van der Waals surface area contributed by atoms with Gasteiger partial charge in [-0.2, -0.15) is 5.38 Å². The third-order valence-corrected chi connectivity index (χ3v) is 2.26. The molecule has 1 nitrogen and oxygen atoms in total. The van der Waals surface area contributed by atoms with Gasteiger partial charge < -0.3 is 16.3 Å². The summed E-state index contributed by atoms with van der Waals surface area (Å²) < 4.78 is 1.63. The van der Waals surface area contributed by atoms with Crippen LogP contribution in [0.1, 0.15) is 0 Å². The fraction of sp³-hybridized carbons (Fsp3) is 0. The Labute approximate surface area is 78.6 Å². The van der Waals surface area contributed by atoms with Crippen LogP contribution in [-0.2, 0) is 17.1 Å². The van der Waals surface area contributed by atoms with Crippen LogP contribution in [-0.4, -0.2) is 4.98 Å². The van der Waals surface area contributed by atoms with Crippen molar-refractivity contribution in [3.63, 3.8) is 0 Å². The maximum Gasteiger partial charge on any atom is 1.00 e. The second-order valence-electron chi connectivity index (χ2n) is 0.860. The average Bonchev–Trinajstić information content (AvgIpc) is 1.87. The third kappa shape index (κ3) is 2.60. The van der Waals surface area contributed by atoms with Crippen molar-refractivity contribution in [2.24, 2.45) is 0 Å². The first-order valence-electron chi connectivity index (χ1n) is 1.48. The van der Waals surface area contributed by atoms with Gasteiger partial charge in [-0.25, -0.2) is 0 Å². The minimum Gasteiger partial charge on any atom is -0.338 e. The van der Waals surface area contributed by atoms with Crippen molar-refractivity contribution in [3.8, 4) is 0 Å². The number of nitrogens with zero attached hydrogens (tertiary/aromatic N) is 1. The number of halogens is 2. The van der Waals surface area contributed by atoms with Crippen LogP contribution in [0.4, 0.5) is 0 Å². The topological polar surface area (TPSA) is 12.9 Å². The summed E-state index contributed by atoms with van der Waals surface area (Å²) in [6.45, 7) is 0. The molecule has 0 radical (unpaired) electrons. The Balaban J connectivity index is 0.000000490. The first kappa shape index (κ1) is 9.11. The van der Waals surface area contributed by atoms with Gasteiger partial charge >= 0.3 is 17.1 Å². The summed E-state index contributed by atoms with van der Waals surface area (Å²) in [6, 6.07) is 0. The Morgan fingerprint density at radius 3 is 2.25 bits per heavy atom. The van der Waals surface area contributed by atoms with Gasteiger partial charge in [0.2, 0.25) is 0 Å². The molecule has 8 heavy (non-hydrogen) atoms. The van der Waals surface area contributed by atoms with Gasteiger partial charge in [-0.3, -0.25) is 0 Å². The number of thiazole rings is 1. The molecule has 1 aromatic heterocycles. The van der Waals surface area contributed by atoms with E-state index >= 15 is 0 Å². The van der Waals surface area contributed by atoms with Crippen molar-refractivity contribution in [3.05, 3.63) is 13.9 Å². The number of rotatable bonds is 0. The predicted octanol–water partition coefficient (Wildman–Crippen LogP) is 2.47. The molecule has 0 saturated carbocycles. The molecule has 1 heterocycles. The third-order valence-electron chi connectivity index (χ3n) is 0.406. The Hall–Kier alpha value is 1.11. The van der Waals surface area contributed by atoms with E-state index in [1.54, 1.807) is 0 Å².